The van der Waals surface area contributed by atoms with Crippen LogP contribution in [-0.4, -0.2) is 16.9 Å². The minimum absolute atomic E-state index is 0.0122. The quantitative estimate of drug-likeness (QED) is 0.769. The lowest BCUT2D eigenvalue weighted by Crippen LogP contribution is -2.21. The molecule has 0 aliphatic heterocycles. The Labute approximate surface area is 120 Å². The van der Waals surface area contributed by atoms with Gasteiger partial charge >= 0.3 is 5.97 Å². The van der Waals surface area contributed by atoms with Crippen LogP contribution < -0.4 is 0 Å². The van der Waals surface area contributed by atoms with Gasteiger partial charge in [-0.3, -0.25) is 9.59 Å². The van der Waals surface area contributed by atoms with Gasteiger partial charge in [-0.15, -0.1) is 11.3 Å². The average molecular weight is 384 g/mol. The number of carboxylic acids is 1. The monoisotopic (exact) mass is 382 g/mol. The zero-order valence-corrected chi connectivity index (χ0v) is 13.4. The van der Waals surface area contributed by atoms with Crippen LogP contribution >= 0.6 is 43.2 Å². The number of Topliss-reactive ketones (excluding diaryl/α,β-unsaturated/α-hetero) is 1. The van der Waals surface area contributed by atoms with Gasteiger partial charge in [0.2, 0.25) is 0 Å². The number of hydrogen-bond acceptors (Lipinski definition) is 3. The molecule has 0 fully saturated rings. The van der Waals surface area contributed by atoms with Gasteiger partial charge in [-0.2, -0.15) is 0 Å². The third-order valence-corrected chi connectivity index (χ3v) is 4.57. The molecule has 0 atom stereocenters. The number of ketones is 1. The van der Waals surface area contributed by atoms with Crippen molar-refractivity contribution in [2.24, 2.45) is 5.41 Å². The summed E-state index contributed by atoms with van der Waals surface area (Å²) in [5.74, 6) is -0.918. The normalized spacial score (nSPS) is 11.5. The van der Waals surface area contributed by atoms with Gasteiger partial charge in [0.25, 0.3) is 0 Å². The highest BCUT2D eigenvalue weighted by atomic mass is 79.9. The smallest absolute Gasteiger partial charge is 0.303 e. The average Bonchev–Trinajstić information content (AvgIpc) is 2.41. The second-order valence-corrected chi connectivity index (χ2v) is 8.32. The number of thiophene rings is 1. The summed E-state index contributed by atoms with van der Waals surface area (Å²) in [7, 11) is 0. The molecule has 0 saturated heterocycles. The Bertz CT molecular complexity index is 452. The number of aliphatic carboxylic acids is 1. The minimum Gasteiger partial charge on any atom is -0.481 e. The van der Waals surface area contributed by atoms with Gasteiger partial charge in [0.15, 0.2) is 5.78 Å². The van der Waals surface area contributed by atoms with E-state index in [4.69, 9.17) is 5.11 Å². The Morgan fingerprint density at radius 2 is 1.94 bits per heavy atom. The Kier molecular flexibility index (Phi) is 4.92. The van der Waals surface area contributed by atoms with E-state index in [1.165, 1.54) is 11.3 Å². The van der Waals surface area contributed by atoms with Crippen LogP contribution in [0.15, 0.2) is 13.6 Å². The summed E-state index contributed by atoms with van der Waals surface area (Å²) in [6, 6.07) is 1.76. The number of carbonyl (C=O) groups excluding carboxylic acids is 1. The van der Waals surface area contributed by atoms with Gasteiger partial charge in [0, 0.05) is 12.0 Å². The van der Waals surface area contributed by atoms with E-state index in [1.54, 1.807) is 19.9 Å². The molecule has 0 aliphatic rings. The summed E-state index contributed by atoms with van der Waals surface area (Å²) in [6.07, 6.45) is 0.211. The van der Waals surface area contributed by atoms with Crippen LogP contribution in [-0.2, 0) is 4.79 Å². The Morgan fingerprint density at radius 1 is 1.35 bits per heavy atom. The van der Waals surface area contributed by atoms with Gasteiger partial charge in [-0.1, -0.05) is 13.8 Å². The molecule has 3 nitrogen and oxygen atoms in total. The lowest BCUT2D eigenvalue weighted by atomic mass is 9.83. The Morgan fingerprint density at radius 3 is 2.35 bits per heavy atom. The fourth-order valence-electron chi connectivity index (χ4n) is 1.53. The van der Waals surface area contributed by atoms with Crippen molar-refractivity contribution >= 4 is 54.9 Å². The lowest BCUT2D eigenvalue weighted by molar-refractivity contribution is -0.139. The maximum absolute atomic E-state index is 12.0. The first-order valence-electron chi connectivity index (χ1n) is 4.91. The van der Waals surface area contributed by atoms with Crippen LogP contribution in [0, 0.1) is 5.41 Å². The summed E-state index contributed by atoms with van der Waals surface area (Å²) >= 11 is 8.07. The van der Waals surface area contributed by atoms with Crippen molar-refractivity contribution in [2.45, 2.75) is 26.7 Å². The fraction of sp³-hybridized carbons (Fsp3) is 0.455. The Balaban J connectivity index is 2.79. The second-order valence-electron chi connectivity index (χ2n) is 4.57. The molecule has 94 valence electrons. The van der Waals surface area contributed by atoms with Crippen molar-refractivity contribution in [3.63, 3.8) is 0 Å². The zero-order valence-electron chi connectivity index (χ0n) is 9.42. The molecular weight excluding hydrogens is 372 g/mol. The van der Waals surface area contributed by atoms with E-state index in [1.807, 2.05) is 0 Å². The molecule has 0 unspecified atom stereocenters. The third kappa shape index (κ3) is 4.52. The molecule has 0 saturated carbocycles. The molecule has 0 spiro atoms. The molecule has 0 radical (unpaired) electrons. The van der Waals surface area contributed by atoms with Crippen molar-refractivity contribution < 1.29 is 14.7 Å². The molecule has 0 bridgehead atoms. The van der Waals surface area contributed by atoms with E-state index in [0.717, 1.165) is 7.57 Å². The zero-order chi connectivity index (χ0) is 13.2. The largest absolute Gasteiger partial charge is 0.481 e. The molecular formula is C11H12Br2O3S. The summed E-state index contributed by atoms with van der Waals surface area (Å²) < 4.78 is 1.66. The van der Waals surface area contributed by atoms with Crippen LogP contribution in [0.5, 0.6) is 0 Å². The SMILES string of the molecule is CC(C)(CC(=O)O)CC(=O)c1cc(Br)sc1Br. The van der Waals surface area contributed by atoms with Crippen molar-refractivity contribution in [1.82, 2.24) is 0 Å². The van der Waals surface area contributed by atoms with E-state index in [2.05, 4.69) is 31.9 Å². The second kappa shape index (κ2) is 5.63. The standard InChI is InChI=1S/C11H12Br2O3S/c1-11(2,5-9(15)16)4-7(14)6-3-8(12)17-10(6)13/h3H,4-5H2,1-2H3,(H,15,16). The highest BCUT2D eigenvalue weighted by Gasteiger charge is 2.27. The Hall–Kier alpha value is -0.200. The summed E-state index contributed by atoms with van der Waals surface area (Å²) in [5.41, 5.74) is 0.0804. The van der Waals surface area contributed by atoms with E-state index < -0.39 is 11.4 Å². The molecule has 0 aromatic carbocycles. The lowest BCUT2D eigenvalue weighted by Gasteiger charge is -2.20. The van der Waals surface area contributed by atoms with Crippen molar-refractivity contribution in [1.29, 1.82) is 0 Å². The maximum atomic E-state index is 12.0. The predicted molar refractivity (Wildman–Crippen MR) is 74.7 cm³/mol. The predicted octanol–water partition coefficient (Wildman–Crippen LogP) is 4.35. The van der Waals surface area contributed by atoms with Crippen LogP contribution in [0.1, 0.15) is 37.0 Å². The molecule has 1 heterocycles. The molecule has 1 N–H and O–H groups in total. The first kappa shape index (κ1) is 14.9. The van der Waals surface area contributed by atoms with E-state index >= 15 is 0 Å². The molecule has 1 aromatic rings. The topological polar surface area (TPSA) is 54.4 Å². The fourth-order valence-corrected chi connectivity index (χ4v) is 4.39. The van der Waals surface area contributed by atoms with E-state index in [0.29, 0.717) is 5.56 Å². The molecule has 0 aliphatic carbocycles. The van der Waals surface area contributed by atoms with Crippen molar-refractivity contribution in [2.75, 3.05) is 0 Å². The highest BCUT2D eigenvalue weighted by molar-refractivity contribution is 9.12. The first-order chi connectivity index (χ1) is 7.71. The van der Waals surface area contributed by atoms with E-state index in [-0.39, 0.29) is 18.6 Å². The van der Waals surface area contributed by atoms with Gasteiger partial charge in [0.1, 0.15) is 0 Å². The highest BCUT2D eigenvalue weighted by Crippen LogP contribution is 2.35. The van der Waals surface area contributed by atoms with E-state index in [9.17, 15) is 9.59 Å². The maximum Gasteiger partial charge on any atom is 0.303 e. The first-order valence-corrected chi connectivity index (χ1v) is 7.31. The van der Waals surface area contributed by atoms with Crippen molar-refractivity contribution in [3.8, 4) is 0 Å². The number of rotatable bonds is 5. The van der Waals surface area contributed by atoms with Crippen LogP contribution in [0.4, 0.5) is 0 Å². The number of carboxylic acid groups (broad SMARTS) is 1. The number of carbonyl (C=O) groups is 2. The molecule has 0 amide bonds. The van der Waals surface area contributed by atoms with Crippen LogP contribution in [0.25, 0.3) is 0 Å². The summed E-state index contributed by atoms with van der Waals surface area (Å²) in [5, 5.41) is 8.77. The van der Waals surface area contributed by atoms with Crippen LogP contribution in [0.2, 0.25) is 0 Å². The van der Waals surface area contributed by atoms with Gasteiger partial charge in [-0.05, 0) is 43.3 Å². The number of hydrogen-bond donors (Lipinski definition) is 1. The summed E-state index contributed by atoms with van der Waals surface area (Å²) in [6.45, 7) is 3.57. The molecule has 17 heavy (non-hydrogen) atoms. The number of halogens is 2. The van der Waals surface area contributed by atoms with Gasteiger partial charge < -0.3 is 5.11 Å². The molecule has 1 aromatic heterocycles. The van der Waals surface area contributed by atoms with Crippen LogP contribution in [0.3, 0.4) is 0 Å². The van der Waals surface area contributed by atoms with Gasteiger partial charge in [-0.25, -0.2) is 0 Å². The molecule has 1 rings (SSSR count). The summed E-state index contributed by atoms with van der Waals surface area (Å²) in [4.78, 5) is 22.7. The van der Waals surface area contributed by atoms with Gasteiger partial charge in [0.05, 0.1) is 14.0 Å². The molecule has 6 heteroatoms. The van der Waals surface area contributed by atoms with Crippen molar-refractivity contribution in [3.05, 3.63) is 19.2 Å². The minimum atomic E-state index is -0.881. The third-order valence-electron chi connectivity index (χ3n) is 2.23.